The maximum absolute atomic E-state index is 10.8. The lowest BCUT2D eigenvalue weighted by Crippen LogP contribution is -2.46. The third-order valence-electron chi connectivity index (χ3n) is 1.55. The molecule has 0 aromatic rings. The van der Waals surface area contributed by atoms with Crippen LogP contribution in [0.4, 0.5) is 4.79 Å². The van der Waals surface area contributed by atoms with E-state index in [0.717, 1.165) is 26.2 Å². The van der Waals surface area contributed by atoms with Crippen molar-refractivity contribution in [2.45, 2.75) is 13.8 Å². The van der Waals surface area contributed by atoms with E-state index in [1.54, 1.807) is 4.90 Å². The van der Waals surface area contributed by atoms with E-state index in [1.807, 2.05) is 13.8 Å². The molecule has 0 radical (unpaired) electrons. The van der Waals surface area contributed by atoms with Gasteiger partial charge in [0.2, 0.25) is 0 Å². The van der Waals surface area contributed by atoms with Gasteiger partial charge in [0.05, 0.1) is 7.11 Å². The minimum Gasteiger partial charge on any atom is -0.453 e. The molecule has 12 heavy (non-hydrogen) atoms. The Morgan fingerprint density at radius 3 is 2.25 bits per heavy atom. The Morgan fingerprint density at radius 1 is 1.33 bits per heavy atom. The number of nitrogens with zero attached hydrogens (tertiary/aromatic N) is 1. The molecule has 1 N–H and O–H groups in total. The lowest BCUT2D eigenvalue weighted by Gasteiger charge is -2.25. The molecule has 72 valence electrons. The number of nitrogens with one attached hydrogen (secondary N) is 1. The Bertz CT molecular complexity index is 122. The summed E-state index contributed by atoms with van der Waals surface area (Å²) in [6.07, 6.45) is -0.221. The van der Waals surface area contributed by atoms with E-state index in [0.29, 0.717) is 0 Å². The van der Waals surface area contributed by atoms with Crippen molar-refractivity contribution in [2.75, 3.05) is 33.3 Å². The van der Waals surface area contributed by atoms with Gasteiger partial charge in [-0.3, -0.25) is 0 Å². The molecule has 1 fully saturated rings. The molecule has 0 unspecified atom stereocenters. The fraction of sp³-hybridized carbons (Fsp3) is 0.875. The fourth-order valence-corrected chi connectivity index (χ4v) is 0.977. The molecule has 0 saturated carbocycles. The van der Waals surface area contributed by atoms with Crippen molar-refractivity contribution in [3.05, 3.63) is 0 Å². The third kappa shape index (κ3) is 3.57. The molecule has 0 aliphatic carbocycles. The van der Waals surface area contributed by atoms with Crippen LogP contribution in [0.3, 0.4) is 0 Å². The van der Waals surface area contributed by atoms with Crippen LogP contribution in [-0.4, -0.2) is 44.3 Å². The highest BCUT2D eigenvalue weighted by Gasteiger charge is 2.15. The molecule has 0 aromatic carbocycles. The molecule has 4 nitrogen and oxygen atoms in total. The van der Waals surface area contributed by atoms with Gasteiger partial charge in [-0.1, -0.05) is 13.8 Å². The smallest absolute Gasteiger partial charge is 0.409 e. The third-order valence-corrected chi connectivity index (χ3v) is 1.55. The number of carbonyl (C=O) groups excluding carboxylic acids is 1. The molecule has 1 saturated heterocycles. The Kier molecular flexibility index (Phi) is 6.47. The summed E-state index contributed by atoms with van der Waals surface area (Å²) in [5.74, 6) is 0. The number of carbonyl (C=O) groups is 1. The van der Waals surface area contributed by atoms with Crippen LogP contribution in [0.5, 0.6) is 0 Å². The summed E-state index contributed by atoms with van der Waals surface area (Å²) in [7, 11) is 1.41. The first-order valence-electron chi connectivity index (χ1n) is 4.38. The van der Waals surface area contributed by atoms with Gasteiger partial charge in [-0.2, -0.15) is 0 Å². The normalized spacial score (nSPS) is 16.1. The zero-order chi connectivity index (χ0) is 9.40. The number of rotatable bonds is 0. The Hall–Kier alpha value is -0.770. The van der Waals surface area contributed by atoms with Crippen molar-refractivity contribution >= 4 is 6.09 Å². The first kappa shape index (κ1) is 11.2. The summed E-state index contributed by atoms with van der Waals surface area (Å²) in [4.78, 5) is 12.5. The van der Waals surface area contributed by atoms with Crippen LogP contribution in [0.15, 0.2) is 0 Å². The van der Waals surface area contributed by atoms with Crippen LogP contribution in [0.25, 0.3) is 0 Å². The van der Waals surface area contributed by atoms with Gasteiger partial charge >= 0.3 is 6.09 Å². The minimum absolute atomic E-state index is 0.221. The van der Waals surface area contributed by atoms with Crippen LogP contribution >= 0.6 is 0 Å². The molecule has 1 amide bonds. The van der Waals surface area contributed by atoms with E-state index in [9.17, 15) is 4.79 Å². The quantitative estimate of drug-likeness (QED) is 0.587. The number of hydrogen-bond donors (Lipinski definition) is 1. The number of ether oxygens (including phenoxy) is 1. The van der Waals surface area contributed by atoms with Crippen molar-refractivity contribution in [3.8, 4) is 0 Å². The van der Waals surface area contributed by atoms with E-state index in [2.05, 4.69) is 10.1 Å². The molecule has 0 bridgehead atoms. The second kappa shape index (κ2) is 6.91. The van der Waals surface area contributed by atoms with Gasteiger partial charge in [-0.05, 0) is 0 Å². The molecule has 0 spiro atoms. The summed E-state index contributed by atoms with van der Waals surface area (Å²) < 4.78 is 4.55. The molecule has 1 heterocycles. The van der Waals surface area contributed by atoms with Crippen LogP contribution < -0.4 is 5.32 Å². The van der Waals surface area contributed by atoms with E-state index in [1.165, 1.54) is 7.11 Å². The average Bonchev–Trinajstić information content (AvgIpc) is 2.21. The second-order valence-electron chi connectivity index (χ2n) is 2.21. The predicted molar refractivity (Wildman–Crippen MR) is 48.2 cm³/mol. The summed E-state index contributed by atoms with van der Waals surface area (Å²) in [6.45, 7) is 7.25. The molecule has 1 aliphatic rings. The van der Waals surface area contributed by atoms with Crippen LogP contribution in [-0.2, 0) is 4.74 Å². The number of piperazine rings is 1. The molecular weight excluding hydrogens is 156 g/mol. The monoisotopic (exact) mass is 174 g/mol. The first-order chi connectivity index (χ1) is 5.84. The van der Waals surface area contributed by atoms with Crippen LogP contribution in [0.2, 0.25) is 0 Å². The predicted octanol–water partition coefficient (Wildman–Crippen LogP) is 0.684. The van der Waals surface area contributed by atoms with Crippen LogP contribution in [0, 0.1) is 0 Å². The summed E-state index contributed by atoms with van der Waals surface area (Å²) in [5.41, 5.74) is 0. The minimum atomic E-state index is -0.221. The average molecular weight is 174 g/mol. The fourth-order valence-electron chi connectivity index (χ4n) is 0.977. The lowest BCUT2D eigenvalue weighted by atomic mass is 10.4. The highest BCUT2D eigenvalue weighted by atomic mass is 16.5. The largest absolute Gasteiger partial charge is 0.453 e. The first-order valence-corrected chi connectivity index (χ1v) is 4.38. The van der Waals surface area contributed by atoms with Crippen molar-refractivity contribution in [1.82, 2.24) is 10.2 Å². The zero-order valence-electron chi connectivity index (χ0n) is 8.09. The van der Waals surface area contributed by atoms with E-state index >= 15 is 0 Å². The maximum Gasteiger partial charge on any atom is 0.409 e. The molecule has 1 aliphatic heterocycles. The number of hydrogen-bond acceptors (Lipinski definition) is 3. The summed E-state index contributed by atoms with van der Waals surface area (Å²) in [6, 6.07) is 0. The van der Waals surface area contributed by atoms with Gasteiger partial charge in [0.1, 0.15) is 0 Å². The van der Waals surface area contributed by atoms with Crippen molar-refractivity contribution in [3.63, 3.8) is 0 Å². The molecule has 0 aromatic heterocycles. The van der Waals surface area contributed by atoms with E-state index in [-0.39, 0.29) is 6.09 Å². The molecule has 4 heteroatoms. The van der Waals surface area contributed by atoms with Gasteiger partial charge in [-0.15, -0.1) is 0 Å². The standard InChI is InChI=1S/C6H12N2O2.C2H6/c1-10-6(9)8-4-2-7-3-5-8;1-2/h7H,2-5H2,1H3;1-2H3. The van der Waals surface area contributed by atoms with Crippen molar-refractivity contribution < 1.29 is 9.53 Å². The number of methoxy groups -OCH3 is 1. The summed E-state index contributed by atoms with van der Waals surface area (Å²) in [5, 5.41) is 3.14. The Labute approximate surface area is 73.9 Å². The van der Waals surface area contributed by atoms with Gasteiger partial charge < -0.3 is 15.0 Å². The number of amides is 1. The SMILES string of the molecule is CC.COC(=O)N1CCNCC1. The van der Waals surface area contributed by atoms with Gasteiger partial charge in [-0.25, -0.2) is 4.79 Å². The van der Waals surface area contributed by atoms with Gasteiger partial charge in [0.15, 0.2) is 0 Å². The van der Waals surface area contributed by atoms with Crippen molar-refractivity contribution in [1.29, 1.82) is 0 Å². The Morgan fingerprint density at radius 2 is 1.83 bits per heavy atom. The lowest BCUT2D eigenvalue weighted by molar-refractivity contribution is 0.118. The van der Waals surface area contributed by atoms with Crippen LogP contribution in [0.1, 0.15) is 13.8 Å². The van der Waals surface area contributed by atoms with Gasteiger partial charge in [0.25, 0.3) is 0 Å². The highest BCUT2D eigenvalue weighted by molar-refractivity contribution is 5.67. The van der Waals surface area contributed by atoms with E-state index in [4.69, 9.17) is 0 Å². The highest BCUT2D eigenvalue weighted by Crippen LogP contribution is 1.94. The second-order valence-corrected chi connectivity index (χ2v) is 2.21. The van der Waals surface area contributed by atoms with Gasteiger partial charge in [0, 0.05) is 26.2 Å². The molecular formula is C8H18N2O2. The van der Waals surface area contributed by atoms with E-state index < -0.39 is 0 Å². The topological polar surface area (TPSA) is 41.6 Å². The maximum atomic E-state index is 10.8. The zero-order valence-corrected chi connectivity index (χ0v) is 8.09. The van der Waals surface area contributed by atoms with Crippen molar-refractivity contribution in [2.24, 2.45) is 0 Å². The summed E-state index contributed by atoms with van der Waals surface area (Å²) >= 11 is 0. The Balaban J connectivity index is 0.000000561. The molecule has 0 atom stereocenters. The molecule has 1 rings (SSSR count).